The van der Waals surface area contributed by atoms with Crippen molar-refractivity contribution >= 4 is 28.3 Å². The monoisotopic (exact) mass is 485 g/mol. The van der Waals surface area contributed by atoms with Crippen LogP contribution in [-0.2, 0) is 13.0 Å². The molecule has 1 atom stereocenters. The van der Waals surface area contributed by atoms with Crippen molar-refractivity contribution in [2.24, 2.45) is 0 Å². The second kappa shape index (κ2) is 9.98. The summed E-state index contributed by atoms with van der Waals surface area (Å²) in [5.41, 5.74) is 3.89. The minimum atomic E-state index is -0.160. The third-order valence-electron chi connectivity index (χ3n) is 6.73. The van der Waals surface area contributed by atoms with Crippen molar-refractivity contribution in [3.05, 3.63) is 81.4 Å². The standard InChI is InChI=1S/C27H27N5O2S/c1-31-13-11-23-24(17-31)35-27(29-23)30-25(33)21-5-2-4-20(14-21)22-6-3-12-32(16-22)26(34)19-9-7-18(15-28)8-10-19/h2,4-5,7-10,14,22H,3,6,11-13,16-17H2,1H3,(H,29,30,33). The van der Waals surface area contributed by atoms with Gasteiger partial charge in [-0.2, -0.15) is 5.26 Å². The highest BCUT2D eigenvalue weighted by Gasteiger charge is 2.26. The lowest BCUT2D eigenvalue weighted by molar-refractivity contribution is 0.0706. The molecule has 1 unspecified atom stereocenters. The van der Waals surface area contributed by atoms with Crippen molar-refractivity contribution < 1.29 is 9.59 Å². The highest BCUT2D eigenvalue weighted by molar-refractivity contribution is 7.15. The molecule has 2 amide bonds. The Labute approximate surface area is 209 Å². The van der Waals surface area contributed by atoms with Crippen LogP contribution in [0.15, 0.2) is 48.5 Å². The number of likely N-dealkylation sites (N-methyl/N-ethyl adjacent to an activating group) is 1. The number of carbonyl (C=O) groups is 2. The third kappa shape index (κ3) is 5.11. The highest BCUT2D eigenvalue weighted by Crippen LogP contribution is 2.30. The number of hydrogen-bond donors (Lipinski definition) is 1. The number of nitrogens with zero attached hydrogens (tertiary/aromatic N) is 4. The average Bonchev–Trinajstić information content (AvgIpc) is 3.29. The van der Waals surface area contributed by atoms with Crippen molar-refractivity contribution in [3.8, 4) is 6.07 Å². The zero-order valence-corrected chi connectivity index (χ0v) is 20.5. The van der Waals surface area contributed by atoms with Gasteiger partial charge in [-0.05, 0) is 61.9 Å². The summed E-state index contributed by atoms with van der Waals surface area (Å²) < 4.78 is 0. The SMILES string of the molecule is CN1CCc2nc(NC(=O)c3cccc(C4CCCN(C(=O)c5ccc(C#N)cc5)C4)c3)sc2C1. The van der Waals surface area contributed by atoms with Crippen molar-refractivity contribution in [1.29, 1.82) is 5.26 Å². The summed E-state index contributed by atoms with van der Waals surface area (Å²) in [5, 5.41) is 12.6. The maximum absolute atomic E-state index is 13.0. The molecule has 1 fully saturated rings. The van der Waals surface area contributed by atoms with Gasteiger partial charge >= 0.3 is 0 Å². The van der Waals surface area contributed by atoms with E-state index in [9.17, 15) is 9.59 Å². The first-order valence-corrected chi connectivity index (χ1v) is 12.7. The number of aromatic nitrogens is 1. The lowest BCUT2D eigenvalue weighted by Crippen LogP contribution is -2.39. The van der Waals surface area contributed by atoms with E-state index >= 15 is 0 Å². The Kier molecular flexibility index (Phi) is 6.62. The van der Waals surface area contributed by atoms with Crippen LogP contribution in [0.1, 0.15) is 61.2 Å². The van der Waals surface area contributed by atoms with Gasteiger partial charge in [0.05, 0.1) is 17.3 Å². The third-order valence-corrected chi connectivity index (χ3v) is 7.73. The van der Waals surface area contributed by atoms with Crippen LogP contribution in [-0.4, -0.2) is 53.3 Å². The summed E-state index contributed by atoms with van der Waals surface area (Å²) in [5.74, 6) is -0.0133. The molecule has 1 aromatic heterocycles. The van der Waals surface area contributed by atoms with Gasteiger partial charge in [0.1, 0.15) is 0 Å². The number of amides is 2. The van der Waals surface area contributed by atoms with Gasteiger partial charge in [-0.15, -0.1) is 11.3 Å². The van der Waals surface area contributed by atoms with Gasteiger partial charge in [-0.1, -0.05) is 12.1 Å². The number of nitrogens with one attached hydrogen (secondary N) is 1. The number of fused-ring (bicyclic) bond motifs is 1. The molecule has 5 rings (SSSR count). The Bertz CT molecular complexity index is 1290. The first-order valence-electron chi connectivity index (χ1n) is 11.9. The summed E-state index contributed by atoms with van der Waals surface area (Å²) in [6.07, 6.45) is 2.78. The number of nitriles is 1. The lowest BCUT2D eigenvalue weighted by atomic mass is 9.89. The Morgan fingerprint density at radius 3 is 2.77 bits per heavy atom. The molecule has 0 saturated carbocycles. The Hall–Kier alpha value is -3.54. The van der Waals surface area contributed by atoms with E-state index < -0.39 is 0 Å². The fraction of sp³-hybridized carbons (Fsp3) is 0.333. The molecule has 1 saturated heterocycles. The van der Waals surface area contributed by atoms with Crippen LogP contribution in [0.4, 0.5) is 5.13 Å². The topological polar surface area (TPSA) is 89.3 Å². The molecule has 3 heterocycles. The van der Waals surface area contributed by atoms with E-state index in [1.807, 2.05) is 29.2 Å². The summed E-state index contributed by atoms with van der Waals surface area (Å²) >= 11 is 1.55. The quantitative estimate of drug-likeness (QED) is 0.596. The van der Waals surface area contributed by atoms with Crippen LogP contribution in [0.3, 0.4) is 0 Å². The van der Waals surface area contributed by atoms with Gasteiger partial charge in [0, 0.05) is 54.5 Å². The van der Waals surface area contributed by atoms with Gasteiger partial charge in [-0.3, -0.25) is 14.9 Å². The van der Waals surface area contributed by atoms with Crippen molar-refractivity contribution in [1.82, 2.24) is 14.8 Å². The van der Waals surface area contributed by atoms with E-state index in [2.05, 4.69) is 28.3 Å². The molecule has 3 aromatic rings. The van der Waals surface area contributed by atoms with E-state index in [0.29, 0.717) is 34.9 Å². The minimum Gasteiger partial charge on any atom is -0.338 e. The predicted octanol–water partition coefficient (Wildman–Crippen LogP) is 4.27. The van der Waals surface area contributed by atoms with E-state index in [4.69, 9.17) is 5.26 Å². The molecule has 0 bridgehead atoms. The molecule has 1 N–H and O–H groups in total. The van der Waals surface area contributed by atoms with E-state index in [-0.39, 0.29) is 17.7 Å². The van der Waals surface area contributed by atoms with Crippen LogP contribution in [0.5, 0.6) is 0 Å². The number of rotatable bonds is 4. The Morgan fingerprint density at radius 1 is 1.14 bits per heavy atom. The number of thiazole rings is 1. The van der Waals surface area contributed by atoms with Gasteiger partial charge in [0.25, 0.3) is 11.8 Å². The maximum atomic E-state index is 13.0. The largest absolute Gasteiger partial charge is 0.338 e. The number of benzene rings is 2. The van der Waals surface area contributed by atoms with Gasteiger partial charge in [0.2, 0.25) is 0 Å². The first-order chi connectivity index (χ1) is 17.0. The normalized spacial score (nSPS) is 17.9. The maximum Gasteiger partial charge on any atom is 0.257 e. The van der Waals surface area contributed by atoms with Crippen LogP contribution in [0.2, 0.25) is 0 Å². The molecule has 0 aliphatic carbocycles. The lowest BCUT2D eigenvalue weighted by Gasteiger charge is -2.33. The molecule has 35 heavy (non-hydrogen) atoms. The molecule has 2 aromatic carbocycles. The molecule has 2 aliphatic rings. The Morgan fingerprint density at radius 2 is 1.97 bits per heavy atom. The number of piperidine rings is 1. The summed E-state index contributed by atoms with van der Waals surface area (Å²) in [6.45, 7) is 3.17. The molecule has 7 nitrogen and oxygen atoms in total. The van der Waals surface area contributed by atoms with E-state index in [1.54, 1.807) is 35.6 Å². The highest BCUT2D eigenvalue weighted by atomic mass is 32.1. The fourth-order valence-electron chi connectivity index (χ4n) is 4.78. The molecule has 0 radical (unpaired) electrons. The smallest absolute Gasteiger partial charge is 0.257 e. The molecule has 8 heteroatoms. The van der Waals surface area contributed by atoms with E-state index in [1.165, 1.54) is 4.88 Å². The first kappa shape index (κ1) is 23.2. The second-order valence-electron chi connectivity index (χ2n) is 9.24. The summed E-state index contributed by atoms with van der Waals surface area (Å²) in [7, 11) is 2.09. The number of likely N-dealkylation sites (tertiary alicyclic amines) is 1. The van der Waals surface area contributed by atoms with Crippen LogP contribution in [0.25, 0.3) is 0 Å². The molecule has 0 spiro atoms. The van der Waals surface area contributed by atoms with Crippen molar-refractivity contribution in [3.63, 3.8) is 0 Å². The predicted molar refractivity (Wildman–Crippen MR) is 136 cm³/mol. The molecular weight excluding hydrogens is 458 g/mol. The number of hydrogen-bond acceptors (Lipinski definition) is 6. The van der Waals surface area contributed by atoms with Gasteiger partial charge < -0.3 is 9.80 Å². The van der Waals surface area contributed by atoms with Crippen LogP contribution < -0.4 is 5.32 Å². The van der Waals surface area contributed by atoms with E-state index in [0.717, 1.165) is 43.6 Å². The Balaban J connectivity index is 1.27. The molecular formula is C27H27N5O2S. The summed E-state index contributed by atoms with van der Waals surface area (Å²) in [6, 6.07) is 16.6. The van der Waals surface area contributed by atoms with Crippen molar-refractivity contribution in [2.75, 3.05) is 32.0 Å². The second-order valence-corrected chi connectivity index (χ2v) is 10.3. The molecule has 2 aliphatic heterocycles. The molecule has 178 valence electrons. The average molecular weight is 486 g/mol. The number of anilines is 1. The summed E-state index contributed by atoms with van der Waals surface area (Å²) in [4.78, 5) is 36.0. The van der Waals surface area contributed by atoms with Gasteiger partial charge in [-0.25, -0.2) is 4.98 Å². The van der Waals surface area contributed by atoms with Crippen LogP contribution >= 0.6 is 11.3 Å². The zero-order chi connectivity index (χ0) is 24.4. The zero-order valence-electron chi connectivity index (χ0n) is 19.7. The number of carbonyl (C=O) groups excluding carboxylic acids is 2. The van der Waals surface area contributed by atoms with Gasteiger partial charge in [0.15, 0.2) is 5.13 Å². The van der Waals surface area contributed by atoms with Crippen LogP contribution in [0, 0.1) is 11.3 Å². The fourth-order valence-corrected chi connectivity index (χ4v) is 5.87. The minimum absolute atomic E-state index is 0.0218. The van der Waals surface area contributed by atoms with Crippen molar-refractivity contribution in [2.45, 2.75) is 31.7 Å².